The Labute approximate surface area is 155 Å². The molecule has 0 fully saturated rings. The zero-order valence-electron chi connectivity index (χ0n) is 14.0. The molecule has 0 radical (unpaired) electrons. The Bertz CT molecular complexity index is 955. The average Bonchev–Trinajstić information content (AvgIpc) is 2.60. The van der Waals surface area contributed by atoms with Gasteiger partial charge < -0.3 is 16.2 Å². The molecule has 8 heteroatoms. The molecule has 0 aliphatic carbocycles. The Hall–Kier alpha value is -3.19. The lowest BCUT2D eigenvalue weighted by molar-refractivity contribution is 0.301. The van der Waals surface area contributed by atoms with E-state index in [-0.39, 0.29) is 22.9 Å². The van der Waals surface area contributed by atoms with E-state index >= 15 is 0 Å². The highest BCUT2D eigenvalue weighted by atomic mass is 35.5. The van der Waals surface area contributed by atoms with Crippen molar-refractivity contribution in [2.24, 2.45) is 0 Å². The molecule has 0 atom stereocenters. The number of pyridine rings is 1. The number of nitrogens with two attached hydrogens (primary N) is 2. The van der Waals surface area contributed by atoms with Crippen LogP contribution in [0.1, 0.15) is 22.5 Å². The van der Waals surface area contributed by atoms with Crippen LogP contribution in [0.15, 0.2) is 42.7 Å². The monoisotopic (exact) mass is 368 g/mol. The first-order valence-electron chi connectivity index (χ1n) is 7.76. The molecule has 0 amide bonds. The molecule has 2 heterocycles. The number of hydrogen-bond donors (Lipinski definition) is 3. The van der Waals surface area contributed by atoms with Crippen LogP contribution in [0, 0.1) is 12.3 Å². The molecule has 132 valence electrons. The molecule has 0 aliphatic heterocycles. The highest BCUT2D eigenvalue weighted by Gasteiger charge is 2.15. The zero-order valence-corrected chi connectivity index (χ0v) is 14.8. The third-order valence-electron chi connectivity index (χ3n) is 3.70. The van der Waals surface area contributed by atoms with Crippen LogP contribution in [0.4, 0.5) is 11.6 Å². The van der Waals surface area contributed by atoms with Gasteiger partial charge in [-0.15, -0.1) is 0 Å². The molecule has 0 spiro atoms. The van der Waals surface area contributed by atoms with Crippen molar-refractivity contribution in [3.05, 3.63) is 70.3 Å². The zero-order chi connectivity index (χ0) is 18.7. The van der Waals surface area contributed by atoms with Crippen LogP contribution in [-0.4, -0.2) is 20.7 Å². The molecule has 7 nitrogen and oxygen atoms in total. The van der Waals surface area contributed by atoms with Crippen LogP contribution in [0.25, 0.3) is 0 Å². The fraction of sp³-hybridized carbons (Fsp3) is 0.111. The number of aromatic nitrogens is 3. The number of halogens is 1. The minimum Gasteiger partial charge on any atom is -0.486 e. The van der Waals surface area contributed by atoms with Gasteiger partial charge in [-0.2, -0.15) is 0 Å². The van der Waals surface area contributed by atoms with Gasteiger partial charge >= 0.3 is 0 Å². The van der Waals surface area contributed by atoms with E-state index in [1.807, 2.05) is 25.1 Å². The molecule has 0 saturated carbocycles. The molecule has 0 saturated heterocycles. The maximum absolute atomic E-state index is 8.33. The van der Waals surface area contributed by atoms with Crippen molar-refractivity contribution in [2.75, 3.05) is 11.5 Å². The summed E-state index contributed by atoms with van der Waals surface area (Å²) in [5.41, 5.74) is 14.3. The van der Waals surface area contributed by atoms with Crippen LogP contribution in [0.3, 0.4) is 0 Å². The Morgan fingerprint density at radius 1 is 1.15 bits per heavy atom. The van der Waals surface area contributed by atoms with E-state index in [1.165, 1.54) is 6.33 Å². The number of nitrogen functional groups attached to an aromatic ring is 2. The fourth-order valence-corrected chi connectivity index (χ4v) is 2.65. The van der Waals surface area contributed by atoms with Crippen LogP contribution in [0.5, 0.6) is 5.75 Å². The SMILES string of the molecule is Cc1cccc(COc2ccc(C(=N)c3c(N)ncnc3N)cc2Cl)n1. The molecule has 26 heavy (non-hydrogen) atoms. The number of aryl methyl sites for hydroxylation is 1. The number of anilines is 2. The molecule has 2 aromatic heterocycles. The van der Waals surface area contributed by atoms with Gasteiger partial charge in [0.05, 0.1) is 22.0 Å². The Morgan fingerprint density at radius 3 is 2.54 bits per heavy atom. The minimum atomic E-state index is 0.0920. The van der Waals surface area contributed by atoms with Crippen LogP contribution >= 0.6 is 11.6 Å². The number of benzene rings is 1. The number of hydrogen-bond acceptors (Lipinski definition) is 7. The molecule has 0 unspecified atom stereocenters. The smallest absolute Gasteiger partial charge is 0.138 e. The summed E-state index contributed by atoms with van der Waals surface area (Å²) in [7, 11) is 0. The number of ether oxygens (including phenoxy) is 1. The summed E-state index contributed by atoms with van der Waals surface area (Å²) >= 11 is 6.30. The summed E-state index contributed by atoms with van der Waals surface area (Å²) in [6, 6.07) is 10.7. The second-order valence-corrected chi connectivity index (χ2v) is 6.01. The van der Waals surface area contributed by atoms with Gasteiger partial charge in [-0.1, -0.05) is 17.7 Å². The summed E-state index contributed by atoms with van der Waals surface area (Å²) in [6.07, 6.45) is 1.25. The summed E-state index contributed by atoms with van der Waals surface area (Å²) in [5, 5.41) is 8.70. The van der Waals surface area contributed by atoms with Crippen LogP contribution in [-0.2, 0) is 6.61 Å². The number of nitrogens with one attached hydrogen (secondary N) is 1. The lowest BCUT2D eigenvalue weighted by Gasteiger charge is -2.12. The first kappa shape index (κ1) is 17.6. The third-order valence-corrected chi connectivity index (χ3v) is 3.99. The minimum absolute atomic E-state index is 0.0920. The molecule has 3 rings (SSSR count). The first-order chi connectivity index (χ1) is 12.5. The quantitative estimate of drug-likeness (QED) is 0.594. The largest absolute Gasteiger partial charge is 0.486 e. The van der Waals surface area contributed by atoms with Crippen molar-refractivity contribution in [1.29, 1.82) is 5.41 Å². The molecule has 5 N–H and O–H groups in total. The molecule has 0 aliphatic rings. The molecular formula is C18H17ClN6O. The van der Waals surface area contributed by atoms with Crippen molar-refractivity contribution in [2.45, 2.75) is 13.5 Å². The maximum atomic E-state index is 8.33. The van der Waals surface area contributed by atoms with Crippen molar-refractivity contribution < 1.29 is 4.74 Å². The van der Waals surface area contributed by atoms with Crippen molar-refractivity contribution in [1.82, 2.24) is 15.0 Å². The van der Waals surface area contributed by atoms with Crippen LogP contribution < -0.4 is 16.2 Å². The summed E-state index contributed by atoms with van der Waals surface area (Å²) in [6.45, 7) is 2.21. The third kappa shape index (κ3) is 3.73. The van der Waals surface area contributed by atoms with E-state index in [2.05, 4.69) is 15.0 Å². The van der Waals surface area contributed by atoms with E-state index in [0.29, 0.717) is 22.9 Å². The normalized spacial score (nSPS) is 10.5. The standard InChI is InChI=1S/C18H17ClN6O/c1-10-3-2-4-12(25-10)8-26-14-6-5-11(7-13(14)19)16(20)15-17(21)23-9-24-18(15)22/h2-7,9,20H,8H2,1H3,(H4,21,22,23,24). The van der Waals surface area contributed by atoms with Crippen molar-refractivity contribution >= 4 is 28.9 Å². The van der Waals surface area contributed by atoms with E-state index in [1.54, 1.807) is 18.2 Å². The topological polar surface area (TPSA) is 124 Å². The van der Waals surface area contributed by atoms with Gasteiger partial charge in [0.1, 0.15) is 30.3 Å². The van der Waals surface area contributed by atoms with Gasteiger partial charge in [-0.3, -0.25) is 10.4 Å². The second-order valence-electron chi connectivity index (χ2n) is 5.60. The Kier molecular flexibility index (Phi) is 4.99. The van der Waals surface area contributed by atoms with E-state index in [0.717, 1.165) is 11.4 Å². The predicted octanol–water partition coefficient (Wildman–Crippen LogP) is 2.99. The van der Waals surface area contributed by atoms with Gasteiger partial charge in [0, 0.05) is 11.3 Å². The van der Waals surface area contributed by atoms with E-state index < -0.39 is 0 Å². The van der Waals surface area contributed by atoms with Gasteiger partial charge in [0.15, 0.2) is 0 Å². The lowest BCUT2D eigenvalue weighted by atomic mass is 10.0. The van der Waals surface area contributed by atoms with E-state index in [9.17, 15) is 0 Å². The summed E-state index contributed by atoms with van der Waals surface area (Å²) < 4.78 is 5.73. The summed E-state index contributed by atoms with van der Waals surface area (Å²) in [5.74, 6) is 0.783. The predicted molar refractivity (Wildman–Crippen MR) is 102 cm³/mol. The first-order valence-corrected chi connectivity index (χ1v) is 8.13. The van der Waals surface area contributed by atoms with Gasteiger partial charge in [-0.05, 0) is 37.3 Å². The van der Waals surface area contributed by atoms with Crippen LogP contribution in [0.2, 0.25) is 5.02 Å². The molecular weight excluding hydrogens is 352 g/mol. The fourth-order valence-electron chi connectivity index (χ4n) is 2.42. The lowest BCUT2D eigenvalue weighted by Crippen LogP contribution is -2.12. The molecule has 3 aromatic rings. The highest BCUT2D eigenvalue weighted by Crippen LogP contribution is 2.28. The van der Waals surface area contributed by atoms with Gasteiger partial charge in [0.2, 0.25) is 0 Å². The van der Waals surface area contributed by atoms with Crippen molar-refractivity contribution in [3.8, 4) is 5.75 Å². The summed E-state index contributed by atoms with van der Waals surface area (Å²) in [4.78, 5) is 12.1. The number of nitrogens with zero attached hydrogens (tertiary/aromatic N) is 3. The highest BCUT2D eigenvalue weighted by molar-refractivity contribution is 6.32. The Balaban J connectivity index is 1.80. The van der Waals surface area contributed by atoms with Crippen molar-refractivity contribution in [3.63, 3.8) is 0 Å². The van der Waals surface area contributed by atoms with Gasteiger partial charge in [-0.25, -0.2) is 9.97 Å². The molecule has 0 bridgehead atoms. The average molecular weight is 369 g/mol. The Morgan fingerprint density at radius 2 is 1.88 bits per heavy atom. The number of rotatable bonds is 5. The van der Waals surface area contributed by atoms with Gasteiger partial charge in [0.25, 0.3) is 0 Å². The second kappa shape index (κ2) is 7.37. The molecule has 1 aromatic carbocycles. The maximum Gasteiger partial charge on any atom is 0.138 e. The van der Waals surface area contributed by atoms with E-state index in [4.69, 9.17) is 33.2 Å².